The summed E-state index contributed by atoms with van der Waals surface area (Å²) in [5, 5.41) is 17.4. The first-order valence-corrected chi connectivity index (χ1v) is 3.30. The number of carbonyl (C=O) groups is 1. The third-order valence-corrected chi connectivity index (χ3v) is 1.98. The standard InChI is InChI=1S/C6H10FNO3/c7-3-1-6(8,5(10)11)2-4(3)9/h3-4,9H,1-2,8H2,(H,10,11)/t3?,4?,6-/m1/s1. The van der Waals surface area contributed by atoms with Gasteiger partial charge in [0.2, 0.25) is 0 Å². The zero-order chi connectivity index (χ0) is 8.65. The second kappa shape index (κ2) is 2.42. The molecule has 1 rings (SSSR count). The average molecular weight is 163 g/mol. The summed E-state index contributed by atoms with van der Waals surface area (Å²) < 4.78 is 12.6. The Morgan fingerprint density at radius 2 is 2.18 bits per heavy atom. The number of rotatable bonds is 1. The van der Waals surface area contributed by atoms with E-state index in [1.165, 1.54) is 0 Å². The Morgan fingerprint density at radius 1 is 1.64 bits per heavy atom. The molecule has 1 aliphatic rings. The van der Waals surface area contributed by atoms with Gasteiger partial charge in [-0.05, 0) is 0 Å². The molecule has 1 fully saturated rings. The first-order valence-electron chi connectivity index (χ1n) is 3.30. The Hall–Kier alpha value is -0.680. The lowest BCUT2D eigenvalue weighted by atomic mass is 10.00. The number of hydrogen-bond acceptors (Lipinski definition) is 3. The maximum Gasteiger partial charge on any atom is 0.323 e. The SMILES string of the molecule is N[C@@]1(C(=O)O)CC(O)C(F)C1. The van der Waals surface area contributed by atoms with Crippen molar-refractivity contribution in [2.24, 2.45) is 5.73 Å². The maximum absolute atomic E-state index is 12.6. The van der Waals surface area contributed by atoms with Gasteiger partial charge in [-0.25, -0.2) is 4.39 Å². The Kier molecular flexibility index (Phi) is 1.85. The predicted octanol–water partition coefficient (Wildman–Crippen LogP) is -0.739. The molecule has 0 spiro atoms. The number of aliphatic carboxylic acids is 1. The van der Waals surface area contributed by atoms with E-state index in [-0.39, 0.29) is 12.8 Å². The Labute approximate surface area is 62.8 Å². The summed E-state index contributed by atoms with van der Waals surface area (Å²) in [7, 11) is 0. The monoisotopic (exact) mass is 163 g/mol. The van der Waals surface area contributed by atoms with Crippen LogP contribution in [0.2, 0.25) is 0 Å². The number of halogens is 1. The summed E-state index contributed by atoms with van der Waals surface area (Å²) >= 11 is 0. The van der Waals surface area contributed by atoms with E-state index >= 15 is 0 Å². The Morgan fingerprint density at radius 3 is 2.36 bits per heavy atom. The molecule has 11 heavy (non-hydrogen) atoms. The van der Waals surface area contributed by atoms with Crippen molar-refractivity contribution in [2.75, 3.05) is 0 Å². The van der Waals surface area contributed by atoms with Crippen molar-refractivity contribution in [2.45, 2.75) is 30.7 Å². The molecule has 0 bridgehead atoms. The topological polar surface area (TPSA) is 83.6 Å². The van der Waals surface area contributed by atoms with Crippen LogP contribution in [0.3, 0.4) is 0 Å². The van der Waals surface area contributed by atoms with Crippen LogP contribution in [-0.4, -0.2) is 34.0 Å². The van der Waals surface area contributed by atoms with Crippen molar-refractivity contribution in [3.05, 3.63) is 0 Å². The second-order valence-electron chi connectivity index (χ2n) is 2.95. The van der Waals surface area contributed by atoms with Gasteiger partial charge in [-0.1, -0.05) is 0 Å². The van der Waals surface area contributed by atoms with Crippen molar-refractivity contribution >= 4 is 5.97 Å². The van der Waals surface area contributed by atoms with Gasteiger partial charge in [-0.15, -0.1) is 0 Å². The van der Waals surface area contributed by atoms with Crippen LogP contribution in [-0.2, 0) is 4.79 Å². The highest BCUT2D eigenvalue weighted by Gasteiger charge is 2.47. The quantitative estimate of drug-likeness (QED) is 0.475. The number of alkyl halides is 1. The molecule has 5 heteroatoms. The van der Waals surface area contributed by atoms with Crippen LogP contribution < -0.4 is 5.73 Å². The van der Waals surface area contributed by atoms with Crippen molar-refractivity contribution in [3.8, 4) is 0 Å². The minimum Gasteiger partial charge on any atom is -0.480 e. The van der Waals surface area contributed by atoms with Crippen molar-refractivity contribution in [1.82, 2.24) is 0 Å². The number of aliphatic hydroxyl groups excluding tert-OH is 1. The molecule has 0 aliphatic heterocycles. The third kappa shape index (κ3) is 1.34. The molecule has 64 valence electrons. The van der Waals surface area contributed by atoms with Crippen LogP contribution >= 0.6 is 0 Å². The lowest BCUT2D eigenvalue weighted by molar-refractivity contribution is -0.143. The van der Waals surface area contributed by atoms with Crippen molar-refractivity contribution in [1.29, 1.82) is 0 Å². The molecule has 3 atom stereocenters. The maximum atomic E-state index is 12.6. The molecule has 0 amide bonds. The summed E-state index contributed by atoms with van der Waals surface area (Å²) in [5.41, 5.74) is 3.71. The average Bonchev–Trinajstić information content (AvgIpc) is 2.09. The van der Waals surface area contributed by atoms with Gasteiger partial charge >= 0.3 is 5.97 Å². The van der Waals surface area contributed by atoms with Crippen molar-refractivity contribution in [3.63, 3.8) is 0 Å². The van der Waals surface area contributed by atoms with Crippen LogP contribution in [0.15, 0.2) is 0 Å². The van der Waals surface area contributed by atoms with Gasteiger partial charge in [0.05, 0.1) is 6.10 Å². The fraction of sp³-hybridized carbons (Fsp3) is 0.833. The van der Waals surface area contributed by atoms with Crippen LogP contribution in [0, 0.1) is 0 Å². The summed E-state index contributed by atoms with van der Waals surface area (Å²) in [6, 6.07) is 0. The van der Waals surface area contributed by atoms with Gasteiger partial charge in [-0.3, -0.25) is 4.79 Å². The predicted molar refractivity (Wildman–Crippen MR) is 34.7 cm³/mol. The Balaban J connectivity index is 2.71. The van der Waals surface area contributed by atoms with Crippen LogP contribution in [0.25, 0.3) is 0 Å². The Bertz CT molecular complexity index is 175. The van der Waals surface area contributed by atoms with Gasteiger partial charge in [0, 0.05) is 12.8 Å². The number of hydrogen-bond donors (Lipinski definition) is 3. The molecular formula is C6H10FNO3. The first kappa shape index (κ1) is 8.42. The van der Waals surface area contributed by atoms with Crippen molar-refractivity contribution < 1.29 is 19.4 Å². The highest BCUT2D eigenvalue weighted by molar-refractivity contribution is 5.79. The van der Waals surface area contributed by atoms with Gasteiger partial charge in [0.15, 0.2) is 0 Å². The van der Waals surface area contributed by atoms with Gasteiger partial charge in [0.1, 0.15) is 11.7 Å². The van der Waals surface area contributed by atoms with E-state index in [0.717, 1.165) is 0 Å². The summed E-state index contributed by atoms with van der Waals surface area (Å²) in [6.45, 7) is 0. The first-order chi connectivity index (χ1) is 4.96. The van der Waals surface area contributed by atoms with Crippen LogP contribution in [0.5, 0.6) is 0 Å². The van der Waals surface area contributed by atoms with Gasteiger partial charge in [0.25, 0.3) is 0 Å². The normalized spacial score (nSPS) is 44.3. The van der Waals surface area contributed by atoms with Gasteiger partial charge < -0.3 is 15.9 Å². The second-order valence-corrected chi connectivity index (χ2v) is 2.95. The molecule has 0 aromatic rings. The zero-order valence-corrected chi connectivity index (χ0v) is 5.83. The largest absolute Gasteiger partial charge is 0.480 e. The summed E-state index contributed by atoms with van der Waals surface area (Å²) in [4.78, 5) is 10.4. The smallest absolute Gasteiger partial charge is 0.323 e. The van der Waals surface area contributed by atoms with E-state index in [4.69, 9.17) is 15.9 Å². The molecule has 2 unspecified atom stereocenters. The summed E-state index contributed by atoms with van der Waals surface area (Å²) in [6.07, 6.45) is -3.24. The van der Waals surface area contributed by atoms with E-state index in [9.17, 15) is 9.18 Å². The van der Waals surface area contributed by atoms with E-state index < -0.39 is 23.8 Å². The summed E-state index contributed by atoms with van der Waals surface area (Å²) in [5.74, 6) is -1.25. The van der Waals surface area contributed by atoms with E-state index in [0.29, 0.717) is 0 Å². The fourth-order valence-corrected chi connectivity index (χ4v) is 1.24. The van der Waals surface area contributed by atoms with E-state index in [1.54, 1.807) is 0 Å². The molecule has 0 aromatic heterocycles. The zero-order valence-electron chi connectivity index (χ0n) is 5.83. The number of aliphatic hydroxyl groups is 1. The molecule has 0 aromatic carbocycles. The highest BCUT2D eigenvalue weighted by atomic mass is 19.1. The molecule has 0 heterocycles. The van der Waals surface area contributed by atoms with Gasteiger partial charge in [-0.2, -0.15) is 0 Å². The van der Waals surface area contributed by atoms with E-state index in [2.05, 4.69) is 0 Å². The number of carboxylic acid groups (broad SMARTS) is 1. The molecular weight excluding hydrogens is 153 g/mol. The molecule has 1 aliphatic carbocycles. The molecule has 0 radical (unpaired) electrons. The molecule has 1 saturated carbocycles. The van der Waals surface area contributed by atoms with Crippen LogP contribution in [0.1, 0.15) is 12.8 Å². The van der Waals surface area contributed by atoms with E-state index in [1.807, 2.05) is 0 Å². The number of carboxylic acids is 1. The minimum atomic E-state index is -1.57. The molecule has 4 N–H and O–H groups in total. The fourth-order valence-electron chi connectivity index (χ4n) is 1.24. The van der Waals surface area contributed by atoms with Crippen LogP contribution in [0.4, 0.5) is 4.39 Å². The lowest BCUT2D eigenvalue weighted by Gasteiger charge is -2.15. The number of nitrogens with two attached hydrogens (primary N) is 1. The minimum absolute atomic E-state index is 0.205. The highest BCUT2D eigenvalue weighted by Crippen LogP contribution is 2.30. The molecule has 4 nitrogen and oxygen atoms in total. The molecule has 0 saturated heterocycles. The third-order valence-electron chi connectivity index (χ3n) is 1.98. The lowest BCUT2D eigenvalue weighted by Crippen LogP contribution is -2.46.